The lowest BCUT2D eigenvalue weighted by Crippen LogP contribution is -2.31. The van der Waals surface area contributed by atoms with Crippen LogP contribution in [0.2, 0.25) is 0 Å². The average molecular weight is 323 g/mol. The Kier molecular flexibility index (Phi) is 3.53. The van der Waals surface area contributed by atoms with E-state index in [4.69, 9.17) is 9.78 Å². The molecule has 0 N–H and O–H groups in total. The molecule has 2 aliphatic rings. The van der Waals surface area contributed by atoms with E-state index in [0.29, 0.717) is 41.1 Å². The molecule has 3 heterocycles. The van der Waals surface area contributed by atoms with Crippen molar-refractivity contribution in [3.63, 3.8) is 0 Å². The second-order valence-corrected chi connectivity index (χ2v) is 6.36. The number of aryl methyl sites for hydroxylation is 1. The van der Waals surface area contributed by atoms with Gasteiger partial charge in [0.15, 0.2) is 5.82 Å². The number of nitriles is 1. The standard InChI is InChI=1S/C17H17N5O2/c1-10-12(9-18)6-7-13(19-10)17(23)22-8-2-3-14(22)15-20-16(24-21-15)11-4-5-11/h6-7,11,14H,2-5,8H2,1H3/t14-/m1/s1. The highest BCUT2D eigenvalue weighted by molar-refractivity contribution is 5.92. The lowest BCUT2D eigenvalue weighted by Gasteiger charge is -2.21. The van der Waals surface area contributed by atoms with Crippen molar-refractivity contribution in [1.82, 2.24) is 20.0 Å². The molecule has 0 spiro atoms. The van der Waals surface area contributed by atoms with Gasteiger partial charge in [-0.25, -0.2) is 4.98 Å². The van der Waals surface area contributed by atoms with E-state index < -0.39 is 0 Å². The van der Waals surface area contributed by atoms with E-state index >= 15 is 0 Å². The first kappa shape index (κ1) is 14.8. The maximum absolute atomic E-state index is 12.8. The third-order valence-electron chi connectivity index (χ3n) is 4.62. The zero-order valence-electron chi connectivity index (χ0n) is 13.4. The van der Waals surface area contributed by atoms with Gasteiger partial charge in [0.05, 0.1) is 17.3 Å². The van der Waals surface area contributed by atoms with Crippen LogP contribution in [0.15, 0.2) is 16.7 Å². The average Bonchev–Trinajstić information content (AvgIpc) is 3.12. The molecule has 1 saturated carbocycles. The molecule has 0 unspecified atom stereocenters. The fourth-order valence-corrected chi connectivity index (χ4v) is 3.10. The summed E-state index contributed by atoms with van der Waals surface area (Å²) >= 11 is 0. The summed E-state index contributed by atoms with van der Waals surface area (Å²) in [4.78, 5) is 23.4. The summed E-state index contributed by atoms with van der Waals surface area (Å²) in [6.45, 7) is 2.38. The Hall–Kier alpha value is -2.75. The number of carbonyl (C=O) groups excluding carboxylic acids is 1. The molecule has 7 heteroatoms. The summed E-state index contributed by atoms with van der Waals surface area (Å²) in [5.41, 5.74) is 1.40. The highest BCUT2D eigenvalue weighted by Crippen LogP contribution is 2.40. The van der Waals surface area contributed by atoms with Gasteiger partial charge in [0.2, 0.25) is 5.89 Å². The molecule has 7 nitrogen and oxygen atoms in total. The first-order valence-electron chi connectivity index (χ1n) is 8.19. The molecule has 2 fully saturated rings. The predicted molar refractivity (Wildman–Crippen MR) is 83.0 cm³/mol. The number of hydrogen-bond acceptors (Lipinski definition) is 6. The first-order chi connectivity index (χ1) is 11.7. The van der Waals surface area contributed by atoms with E-state index in [-0.39, 0.29) is 11.9 Å². The van der Waals surface area contributed by atoms with E-state index in [2.05, 4.69) is 21.2 Å². The predicted octanol–water partition coefficient (Wildman–Crippen LogP) is 2.50. The van der Waals surface area contributed by atoms with Crippen molar-refractivity contribution in [2.24, 2.45) is 0 Å². The number of pyridine rings is 1. The van der Waals surface area contributed by atoms with Crippen molar-refractivity contribution in [3.05, 3.63) is 40.8 Å². The Morgan fingerprint density at radius 2 is 2.17 bits per heavy atom. The molecular weight excluding hydrogens is 306 g/mol. The van der Waals surface area contributed by atoms with Gasteiger partial charge in [0, 0.05) is 12.5 Å². The Bertz CT molecular complexity index is 834. The normalized spacial score (nSPS) is 20.2. The molecule has 1 atom stereocenters. The van der Waals surface area contributed by atoms with Crippen molar-refractivity contribution in [1.29, 1.82) is 5.26 Å². The number of likely N-dealkylation sites (tertiary alicyclic amines) is 1. The van der Waals surface area contributed by atoms with E-state index in [0.717, 1.165) is 25.7 Å². The Morgan fingerprint density at radius 1 is 1.33 bits per heavy atom. The molecule has 122 valence electrons. The van der Waals surface area contributed by atoms with Gasteiger partial charge in [-0.05, 0) is 44.7 Å². The largest absolute Gasteiger partial charge is 0.339 e. The van der Waals surface area contributed by atoms with E-state index in [1.165, 1.54) is 0 Å². The minimum absolute atomic E-state index is 0.150. The highest BCUT2D eigenvalue weighted by atomic mass is 16.5. The molecule has 1 aliphatic carbocycles. The van der Waals surface area contributed by atoms with Crippen molar-refractivity contribution in [3.8, 4) is 6.07 Å². The number of rotatable bonds is 3. The van der Waals surface area contributed by atoms with Gasteiger partial charge in [0.1, 0.15) is 11.8 Å². The Labute approximate surface area is 139 Å². The summed E-state index contributed by atoms with van der Waals surface area (Å²) in [5, 5.41) is 13.1. The summed E-state index contributed by atoms with van der Waals surface area (Å²) in [6, 6.07) is 5.15. The van der Waals surface area contributed by atoms with Gasteiger partial charge in [-0.2, -0.15) is 10.2 Å². The van der Waals surface area contributed by atoms with Crippen LogP contribution >= 0.6 is 0 Å². The fourth-order valence-electron chi connectivity index (χ4n) is 3.10. The summed E-state index contributed by atoms with van der Waals surface area (Å²) < 4.78 is 5.33. The number of amides is 1. The van der Waals surface area contributed by atoms with E-state index in [1.807, 2.05) is 0 Å². The van der Waals surface area contributed by atoms with Crippen LogP contribution in [0.3, 0.4) is 0 Å². The smallest absolute Gasteiger partial charge is 0.273 e. The minimum atomic E-state index is -0.161. The van der Waals surface area contributed by atoms with Gasteiger partial charge < -0.3 is 9.42 Å². The number of aromatic nitrogens is 3. The number of hydrogen-bond donors (Lipinski definition) is 0. The van der Waals surface area contributed by atoms with Crippen molar-refractivity contribution >= 4 is 5.91 Å². The van der Waals surface area contributed by atoms with Crippen LogP contribution in [-0.2, 0) is 0 Å². The van der Waals surface area contributed by atoms with Gasteiger partial charge in [-0.3, -0.25) is 4.79 Å². The maximum atomic E-state index is 12.8. The molecule has 2 aromatic rings. The van der Waals surface area contributed by atoms with Gasteiger partial charge in [-0.15, -0.1) is 0 Å². The molecule has 24 heavy (non-hydrogen) atoms. The molecule has 4 rings (SSSR count). The van der Waals surface area contributed by atoms with Crippen molar-refractivity contribution < 1.29 is 9.32 Å². The van der Waals surface area contributed by atoms with Crippen LogP contribution in [0.5, 0.6) is 0 Å². The van der Waals surface area contributed by atoms with Gasteiger partial charge in [0.25, 0.3) is 5.91 Å². The number of carbonyl (C=O) groups is 1. The summed E-state index contributed by atoms with van der Waals surface area (Å²) in [6.07, 6.45) is 3.93. The maximum Gasteiger partial charge on any atom is 0.273 e. The first-order valence-corrected chi connectivity index (χ1v) is 8.19. The third-order valence-corrected chi connectivity index (χ3v) is 4.62. The van der Waals surface area contributed by atoms with Crippen molar-refractivity contribution in [2.45, 2.75) is 44.6 Å². The van der Waals surface area contributed by atoms with Gasteiger partial charge in [-0.1, -0.05) is 5.16 Å². The summed E-state index contributed by atoms with van der Waals surface area (Å²) in [7, 11) is 0. The Balaban J connectivity index is 1.58. The van der Waals surface area contributed by atoms with Gasteiger partial charge >= 0.3 is 0 Å². The molecule has 1 aliphatic heterocycles. The number of nitrogens with zero attached hydrogens (tertiary/aromatic N) is 5. The van der Waals surface area contributed by atoms with E-state index in [1.54, 1.807) is 24.0 Å². The van der Waals surface area contributed by atoms with Crippen LogP contribution in [0.4, 0.5) is 0 Å². The lowest BCUT2D eigenvalue weighted by atomic mass is 10.1. The second-order valence-electron chi connectivity index (χ2n) is 6.36. The molecular formula is C17H17N5O2. The molecule has 2 aromatic heterocycles. The zero-order valence-corrected chi connectivity index (χ0v) is 13.4. The van der Waals surface area contributed by atoms with Crippen LogP contribution < -0.4 is 0 Å². The second kappa shape index (κ2) is 5.71. The third kappa shape index (κ3) is 2.54. The minimum Gasteiger partial charge on any atom is -0.339 e. The van der Waals surface area contributed by atoms with Crippen LogP contribution in [0.25, 0.3) is 0 Å². The molecule has 1 saturated heterocycles. The highest BCUT2D eigenvalue weighted by Gasteiger charge is 2.36. The molecule has 0 aromatic carbocycles. The molecule has 1 amide bonds. The quantitative estimate of drug-likeness (QED) is 0.861. The zero-order chi connectivity index (χ0) is 16.7. The summed E-state index contributed by atoms with van der Waals surface area (Å²) in [5.74, 6) is 1.53. The van der Waals surface area contributed by atoms with Crippen LogP contribution in [0, 0.1) is 18.3 Å². The van der Waals surface area contributed by atoms with E-state index in [9.17, 15) is 4.79 Å². The molecule has 0 bridgehead atoms. The lowest BCUT2D eigenvalue weighted by molar-refractivity contribution is 0.0722. The topological polar surface area (TPSA) is 95.9 Å². The van der Waals surface area contributed by atoms with Crippen LogP contribution in [-0.4, -0.2) is 32.5 Å². The Morgan fingerprint density at radius 3 is 2.88 bits per heavy atom. The molecule has 0 radical (unpaired) electrons. The van der Waals surface area contributed by atoms with Crippen molar-refractivity contribution in [2.75, 3.05) is 6.54 Å². The fraction of sp³-hybridized carbons (Fsp3) is 0.471. The van der Waals surface area contributed by atoms with Crippen LogP contribution in [0.1, 0.15) is 71.1 Å². The monoisotopic (exact) mass is 323 g/mol. The SMILES string of the molecule is Cc1nc(C(=O)N2CCC[C@@H]2c2noc(C3CC3)n2)ccc1C#N.